The lowest BCUT2D eigenvalue weighted by atomic mass is 10.0. The molecule has 5 aromatic rings. The highest BCUT2D eigenvalue weighted by atomic mass is 16.5. The topological polar surface area (TPSA) is 77.9 Å². The summed E-state index contributed by atoms with van der Waals surface area (Å²) in [7, 11) is 1.54. The fourth-order valence-electron chi connectivity index (χ4n) is 5.32. The summed E-state index contributed by atoms with van der Waals surface area (Å²) in [5.74, 6) is 1.66. The lowest BCUT2D eigenvalue weighted by Crippen LogP contribution is -2.06. The number of ether oxygens (including phenoxy) is 1. The minimum Gasteiger partial charge on any atom is -0.492 e. The van der Waals surface area contributed by atoms with Gasteiger partial charge in [0.25, 0.3) is 0 Å². The molecular formula is C38H40N4O2. The molecule has 3 aromatic carbocycles. The Morgan fingerprint density at radius 1 is 0.545 bits per heavy atom. The third kappa shape index (κ3) is 7.43. The van der Waals surface area contributed by atoms with Crippen LogP contribution >= 0.6 is 0 Å². The van der Waals surface area contributed by atoms with E-state index >= 15 is 0 Å². The second-order valence-electron chi connectivity index (χ2n) is 11.1. The van der Waals surface area contributed by atoms with Crippen LogP contribution in [0, 0.1) is 0 Å². The molecule has 2 heterocycles. The number of hydrogen-bond acceptors (Lipinski definition) is 6. The van der Waals surface area contributed by atoms with Crippen molar-refractivity contribution in [2.24, 2.45) is 0 Å². The van der Waals surface area contributed by atoms with Crippen LogP contribution in [0.3, 0.4) is 0 Å². The summed E-state index contributed by atoms with van der Waals surface area (Å²) in [6, 6.07) is 21.4. The monoisotopic (exact) mass is 584 g/mol. The van der Waals surface area contributed by atoms with Crippen molar-refractivity contribution in [3.8, 4) is 50.8 Å². The molecule has 0 atom stereocenters. The smallest absolute Gasteiger partial charge is 0.228 e. The second-order valence-corrected chi connectivity index (χ2v) is 11.1. The van der Waals surface area contributed by atoms with Crippen LogP contribution in [-0.2, 0) is 12.8 Å². The summed E-state index contributed by atoms with van der Waals surface area (Å²) in [4.78, 5) is 32.0. The Balaban J connectivity index is 1.35. The standard InChI is InChI=1S/C38H40N4O2/c1-4-6-8-11-27-23-39-37(40-24-27)31-19-15-29(16-20-31)33-13-10-14-34(36(44-3)35(33)43)30-17-21-32(22-18-30)38-41-25-28(26-42-38)12-9-7-5-2/h10,13-26H,4-9,11-12H2,1-3H3. The Morgan fingerprint density at radius 3 is 1.39 bits per heavy atom. The van der Waals surface area contributed by atoms with Gasteiger partial charge in [-0.25, -0.2) is 19.9 Å². The zero-order chi connectivity index (χ0) is 30.7. The molecule has 6 nitrogen and oxygen atoms in total. The zero-order valence-corrected chi connectivity index (χ0v) is 25.9. The third-order valence-electron chi connectivity index (χ3n) is 7.88. The lowest BCUT2D eigenvalue weighted by molar-refractivity contribution is 0.413. The fraction of sp³-hybridized carbons (Fsp3) is 0.289. The molecule has 0 aliphatic heterocycles. The van der Waals surface area contributed by atoms with Crippen LogP contribution in [0.4, 0.5) is 0 Å². The molecular weight excluding hydrogens is 544 g/mol. The molecule has 44 heavy (non-hydrogen) atoms. The molecule has 5 rings (SSSR count). The van der Waals surface area contributed by atoms with Gasteiger partial charge in [-0.05, 0) is 47.9 Å². The third-order valence-corrected chi connectivity index (χ3v) is 7.88. The highest BCUT2D eigenvalue weighted by Gasteiger charge is 2.14. The van der Waals surface area contributed by atoms with E-state index in [1.807, 2.05) is 91.5 Å². The van der Waals surface area contributed by atoms with Gasteiger partial charge in [0.1, 0.15) is 0 Å². The molecule has 0 amide bonds. The molecule has 2 aromatic heterocycles. The molecule has 0 N–H and O–H groups in total. The normalized spacial score (nSPS) is 11.0. The van der Waals surface area contributed by atoms with Crippen LogP contribution in [0.15, 0.2) is 96.3 Å². The molecule has 6 heteroatoms. The predicted molar refractivity (Wildman–Crippen MR) is 179 cm³/mol. The number of unbranched alkanes of at least 4 members (excludes halogenated alkanes) is 4. The first kappa shape index (κ1) is 30.7. The first-order valence-electron chi connectivity index (χ1n) is 15.7. The van der Waals surface area contributed by atoms with E-state index in [1.165, 1.54) is 25.7 Å². The van der Waals surface area contributed by atoms with Gasteiger partial charge in [-0.2, -0.15) is 0 Å². The highest BCUT2D eigenvalue weighted by molar-refractivity contribution is 5.76. The van der Waals surface area contributed by atoms with Crippen molar-refractivity contribution in [3.05, 3.63) is 113 Å². The van der Waals surface area contributed by atoms with E-state index in [1.54, 1.807) is 7.11 Å². The van der Waals surface area contributed by atoms with E-state index in [0.29, 0.717) is 23.0 Å². The number of methoxy groups -OCH3 is 1. The van der Waals surface area contributed by atoms with Crippen LogP contribution < -0.4 is 10.2 Å². The fourth-order valence-corrected chi connectivity index (χ4v) is 5.32. The number of aryl methyl sites for hydroxylation is 2. The molecule has 0 radical (unpaired) electrons. The van der Waals surface area contributed by atoms with E-state index < -0.39 is 0 Å². The van der Waals surface area contributed by atoms with Gasteiger partial charge >= 0.3 is 0 Å². The van der Waals surface area contributed by atoms with Gasteiger partial charge in [-0.1, -0.05) is 106 Å². The largest absolute Gasteiger partial charge is 0.492 e. The van der Waals surface area contributed by atoms with Crippen molar-refractivity contribution < 1.29 is 4.74 Å². The second kappa shape index (κ2) is 15.1. The maximum Gasteiger partial charge on any atom is 0.228 e. The van der Waals surface area contributed by atoms with Crippen molar-refractivity contribution in [2.75, 3.05) is 7.11 Å². The van der Waals surface area contributed by atoms with Gasteiger partial charge in [0.2, 0.25) is 5.43 Å². The van der Waals surface area contributed by atoms with Gasteiger partial charge in [0.15, 0.2) is 17.4 Å². The van der Waals surface area contributed by atoms with Gasteiger partial charge in [-0.3, -0.25) is 4.79 Å². The molecule has 0 saturated heterocycles. The van der Waals surface area contributed by atoms with Crippen molar-refractivity contribution in [2.45, 2.75) is 65.2 Å². The summed E-state index contributed by atoms with van der Waals surface area (Å²) >= 11 is 0. The van der Waals surface area contributed by atoms with Crippen LogP contribution in [0.5, 0.6) is 5.75 Å². The van der Waals surface area contributed by atoms with Crippen LogP contribution in [-0.4, -0.2) is 27.0 Å². The molecule has 224 valence electrons. The Hall–Kier alpha value is -4.71. The van der Waals surface area contributed by atoms with Gasteiger partial charge in [-0.15, -0.1) is 0 Å². The van der Waals surface area contributed by atoms with Crippen LogP contribution in [0.25, 0.3) is 45.0 Å². The molecule has 0 unspecified atom stereocenters. The Morgan fingerprint density at radius 2 is 0.955 bits per heavy atom. The van der Waals surface area contributed by atoms with E-state index in [-0.39, 0.29) is 5.43 Å². The summed E-state index contributed by atoms with van der Waals surface area (Å²) in [6.45, 7) is 4.41. The Labute approximate surface area is 260 Å². The molecule has 0 fully saturated rings. The zero-order valence-electron chi connectivity index (χ0n) is 25.9. The van der Waals surface area contributed by atoms with E-state index in [0.717, 1.165) is 64.6 Å². The molecule has 0 saturated carbocycles. The number of hydrogen-bond donors (Lipinski definition) is 0. The van der Waals surface area contributed by atoms with Gasteiger partial charge < -0.3 is 4.74 Å². The molecule has 0 spiro atoms. The molecule has 0 aliphatic rings. The van der Waals surface area contributed by atoms with Gasteiger partial charge in [0.05, 0.1) is 7.11 Å². The average Bonchev–Trinajstić information content (AvgIpc) is 3.24. The summed E-state index contributed by atoms with van der Waals surface area (Å²) < 4.78 is 5.70. The lowest BCUT2D eigenvalue weighted by Gasteiger charge is -2.08. The molecule has 0 aliphatic carbocycles. The van der Waals surface area contributed by atoms with E-state index in [2.05, 4.69) is 33.8 Å². The van der Waals surface area contributed by atoms with Crippen molar-refractivity contribution in [3.63, 3.8) is 0 Å². The summed E-state index contributed by atoms with van der Waals surface area (Å²) in [5, 5.41) is 0. The Kier molecular flexibility index (Phi) is 10.6. The quantitative estimate of drug-likeness (QED) is 0.129. The predicted octanol–water partition coefficient (Wildman–Crippen LogP) is 8.77. The summed E-state index contributed by atoms with van der Waals surface area (Å²) in [6.07, 6.45) is 16.8. The van der Waals surface area contributed by atoms with E-state index in [9.17, 15) is 4.79 Å². The number of rotatable bonds is 13. The van der Waals surface area contributed by atoms with Crippen molar-refractivity contribution in [1.29, 1.82) is 0 Å². The van der Waals surface area contributed by atoms with Crippen LogP contribution in [0.2, 0.25) is 0 Å². The summed E-state index contributed by atoms with van der Waals surface area (Å²) in [5.41, 5.74) is 6.96. The van der Waals surface area contributed by atoms with Crippen molar-refractivity contribution in [1.82, 2.24) is 19.9 Å². The first-order valence-corrected chi connectivity index (χ1v) is 15.7. The van der Waals surface area contributed by atoms with Crippen molar-refractivity contribution >= 4 is 0 Å². The number of benzene rings is 2. The number of aromatic nitrogens is 4. The van der Waals surface area contributed by atoms with E-state index in [4.69, 9.17) is 4.74 Å². The maximum atomic E-state index is 13.7. The Bertz CT molecular complexity index is 1700. The minimum absolute atomic E-state index is 0.168. The average molecular weight is 585 g/mol. The van der Waals surface area contributed by atoms with Crippen LogP contribution in [0.1, 0.15) is 63.5 Å². The highest BCUT2D eigenvalue weighted by Crippen LogP contribution is 2.30. The molecule has 0 bridgehead atoms. The van der Waals surface area contributed by atoms with Gasteiger partial charge in [0, 0.05) is 47.0 Å². The SMILES string of the molecule is CCCCCc1cnc(-c2ccc(-c3cccc(-c4ccc(-c5ncc(CCCCC)cn5)cc4)c(=O)c3OC)cc2)nc1. The first-order chi connectivity index (χ1) is 21.6. The number of nitrogens with zero attached hydrogens (tertiary/aromatic N) is 4. The minimum atomic E-state index is -0.168. The maximum absolute atomic E-state index is 13.7.